The maximum atomic E-state index is 13.3. The van der Waals surface area contributed by atoms with Crippen LogP contribution in [0.4, 0.5) is 13.2 Å². The minimum absolute atomic E-state index is 0.0756. The van der Waals surface area contributed by atoms with E-state index in [0.717, 1.165) is 37.9 Å². The average molecular weight is 365 g/mol. The Kier molecular flexibility index (Phi) is 5.86. The van der Waals surface area contributed by atoms with E-state index in [-0.39, 0.29) is 5.52 Å². The fourth-order valence-corrected chi connectivity index (χ4v) is 4.53. The number of alkyl halides is 3. The van der Waals surface area contributed by atoms with Crippen molar-refractivity contribution in [2.75, 3.05) is 13.7 Å². The van der Waals surface area contributed by atoms with Gasteiger partial charge in [-0.25, -0.2) is 0 Å². The highest BCUT2D eigenvalue weighted by atomic mass is 19.4. The molecule has 0 bridgehead atoms. The van der Waals surface area contributed by atoms with Crippen LogP contribution in [0.3, 0.4) is 0 Å². The predicted molar refractivity (Wildman–Crippen MR) is 97.1 cm³/mol. The van der Waals surface area contributed by atoms with Crippen LogP contribution in [0, 0.1) is 11.8 Å². The summed E-state index contributed by atoms with van der Waals surface area (Å²) in [5.74, 6) is 1.48. The Hall–Kier alpha value is -1.62. The molecule has 0 aliphatic heterocycles. The number of hydrogen-bond acceptors (Lipinski definition) is 2. The van der Waals surface area contributed by atoms with Gasteiger partial charge in [0.2, 0.25) is 0 Å². The molecule has 3 rings (SSSR count). The lowest BCUT2D eigenvalue weighted by atomic mass is 9.71. The van der Waals surface area contributed by atoms with Crippen molar-refractivity contribution in [1.82, 2.24) is 4.98 Å². The molecule has 5 heteroatoms. The van der Waals surface area contributed by atoms with Gasteiger partial charge in [0.05, 0.1) is 11.1 Å². The first kappa shape index (κ1) is 19.2. The van der Waals surface area contributed by atoms with Crippen molar-refractivity contribution in [3.05, 3.63) is 41.6 Å². The molecule has 142 valence electrons. The maximum Gasteiger partial charge on any atom is 0.418 e. The lowest BCUT2D eigenvalue weighted by molar-refractivity contribution is -0.136. The van der Waals surface area contributed by atoms with E-state index in [1.54, 1.807) is 25.3 Å². The molecule has 0 amide bonds. The van der Waals surface area contributed by atoms with Crippen LogP contribution < -0.4 is 0 Å². The lowest BCUT2D eigenvalue weighted by Crippen LogP contribution is -2.21. The highest BCUT2D eigenvalue weighted by Gasteiger charge is 2.35. The van der Waals surface area contributed by atoms with E-state index < -0.39 is 11.7 Å². The highest BCUT2D eigenvalue weighted by Crippen LogP contribution is 2.44. The lowest BCUT2D eigenvalue weighted by Gasteiger charge is -2.34. The second-order valence-electron chi connectivity index (χ2n) is 7.61. The fraction of sp³-hybridized carbons (Fsp3) is 0.571. The Morgan fingerprint density at radius 3 is 2.69 bits per heavy atom. The van der Waals surface area contributed by atoms with Crippen molar-refractivity contribution < 1.29 is 17.9 Å². The fourth-order valence-electron chi connectivity index (χ4n) is 4.53. The first-order valence-electron chi connectivity index (χ1n) is 9.34. The molecule has 0 saturated heterocycles. The van der Waals surface area contributed by atoms with Crippen LogP contribution in [0.5, 0.6) is 0 Å². The zero-order valence-electron chi connectivity index (χ0n) is 15.4. The summed E-state index contributed by atoms with van der Waals surface area (Å²) in [4.78, 5) is 4.07. The van der Waals surface area contributed by atoms with Crippen LogP contribution in [-0.2, 0) is 10.9 Å². The van der Waals surface area contributed by atoms with Gasteiger partial charge in [0.15, 0.2) is 0 Å². The highest BCUT2D eigenvalue weighted by molar-refractivity contribution is 5.86. The van der Waals surface area contributed by atoms with Gasteiger partial charge in [0, 0.05) is 25.3 Å². The third-order valence-corrected chi connectivity index (χ3v) is 5.55. The first-order valence-corrected chi connectivity index (χ1v) is 9.34. The summed E-state index contributed by atoms with van der Waals surface area (Å²) < 4.78 is 45.2. The Morgan fingerprint density at radius 2 is 1.96 bits per heavy atom. The van der Waals surface area contributed by atoms with Gasteiger partial charge < -0.3 is 4.74 Å². The van der Waals surface area contributed by atoms with Crippen molar-refractivity contribution in [2.45, 2.75) is 51.1 Å². The molecule has 2 aromatic rings. The number of hydrogen-bond donors (Lipinski definition) is 0. The van der Waals surface area contributed by atoms with E-state index in [9.17, 15) is 13.2 Å². The molecule has 1 fully saturated rings. The van der Waals surface area contributed by atoms with Crippen LogP contribution in [0.25, 0.3) is 10.9 Å². The smallest absolute Gasteiger partial charge is 0.385 e. The molecular weight excluding hydrogens is 339 g/mol. The van der Waals surface area contributed by atoms with Crippen LogP contribution in [0.15, 0.2) is 30.5 Å². The van der Waals surface area contributed by atoms with Crippen molar-refractivity contribution in [3.63, 3.8) is 0 Å². The average Bonchev–Trinajstić information content (AvgIpc) is 2.59. The Labute approximate surface area is 152 Å². The topological polar surface area (TPSA) is 22.1 Å². The van der Waals surface area contributed by atoms with Gasteiger partial charge in [-0.1, -0.05) is 19.1 Å². The van der Waals surface area contributed by atoms with E-state index >= 15 is 0 Å². The number of aromatic nitrogens is 1. The molecule has 0 N–H and O–H groups in total. The maximum absolute atomic E-state index is 13.3. The van der Waals surface area contributed by atoms with E-state index in [1.807, 2.05) is 0 Å². The molecule has 1 aliphatic carbocycles. The molecule has 26 heavy (non-hydrogen) atoms. The standard InChI is InChI=1S/C21H26F3NO/c1-14-11-15(5-4-10-26-2)13-16(12-14)17-7-8-19(21(22,23)24)20-18(17)6-3-9-25-20/h3,6-9,14-16H,4-5,10-13H2,1-2H3/t14-,15+,16+/m0/s1. The van der Waals surface area contributed by atoms with Gasteiger partial charge in [-0.05, 0) is 67.6 Å². The number of ether oxygens (including phenoxy) is 1. The molecule has 0 radical (unpaired) electrons. The third kappa shape index (κ3) is 4.20. The molecule has 2 nitrogen and oxygen atoms in total. The van der Waals surface area contributed by atoms with Gasteiger partial charge in [0.1, 0.15) is 0 Å². The molecule has 3 atom stereocenters. The van der Waals surface area contributed by atoms with Crippen LogP contribution in [0.2, 0.25) is 0 Å². The summed E-state index contributed by atoms with van der Waals surface area (Å²) in [6.07, 6.45) is 2.46. The Morgan fingerprint density at radius 1 is 1.15 bits per heavy atom. The van der Waals surface area contributed by atoms with Gasteiger partial charge >= 0.3 is 6.18 Å². The Bertz CT molecular complexity index is 744. The van der Waals surface area contributed by atoms with E-state index in [1.165, 1.54) is 18.7 Å². The molecule has 1 aliphatic rings. The van der Waals surface area contributed by atoms with Crippen LogP contribution >= 0.6 is 0 Å². The number of methoxy groups -OCH3 is 1. The number of pyridine rings is 1. The minimum atomic E-state index is -4.38. The van der Waals surface area contributed by atoms with Gasteiger partial charge in [0.25, 0.3) is 0 Å². The number of rotatable bonds is 5. The largest absolute Gasteiger partial charge is 0.418 e. The van der Waals surface area contributed by atoms with Gasteiger partial charge in [-0.3, -0.25) is 4.98 Å². The van der Waals surface area contributed by atoms with Crippen molar-refractivity contribution in [3.8, 4) is 0 Å². The summed E-state index contributed by atoms with van der Waals surface area (Å²) in [5, 5.41) is 0.650. The second kappa shape index (κ2) is 7.95. The van der Waals surface area contributed by atoms with Crippen molar-refractivity contribution >= 4 is 10.9 Å². The molecule has 1 saturated carbocycles. The molecule has 1 aromatic carbocycles. The van der Waals surface area contributed by atoms with E-state index in [0.29, 0.717) is 23.1 Å². The number of fused-ring (bicyclic) bond motifs is 1. The number of nitrogens with zero attached hydrogens (tertiary/aromatic N) is 1. The number of benzene rings is 1. The first-order chi connectivity index (χ1) is 12.4. The van der Waals surface area contributed by atoms with Gasteiger partial charge in [-0.15, -0.1) is 0 Å². The van der Waals surface area contributed by atoms with E-state index in [2.05, 4.69) is 11.9 Å². The third-order valence-electron chi connectivity index (χ3n) is 5.55. The molecular formula is C21H26F3NO. The molecule has 1 heterocycles. The SMILES string of the molecule is COCCC[C@@H]1C[C@H](C)C[C@@H](c2ccc(C(F)(F)F)c3ncccc23)C1. The summed E-state index contributed by atoms with van der Waals surface area (Å²) in [7, 11) is 1.72. The quantitative estimate of drug-likeness (QED) is 0.589. The molecule has 0 unspecified atom stereocenters. The van der Waals surface area contributed by atoms with E-state index in [4.69, 9.17) is 4.74 Å². The summed E-state index contributed by atoms with van der Waals surface area (Å²) in [6.45, 7) is 3.02. The van der Waals surface area contributed by atoms with Crippen molar-refractivity contribution in [2.24, 2.45) is 11.8 Å². The Balaban J connectivity index is 1.92. The predicted octanol–water partition coefficient (Wildman–Crippen LogP) is 6.20. The summed E-state index contributed by atoms with van der Waals surface area (Å²) in [6, 6.07) is 6.41. The summed E-state index contributed by atoms with van der Waals surface area (Å²) in [5.41, 5.74) is 0.452. The monoisotopic (exact) mass is 365 g/mol. The number of halogens is 3. The molecule has 1 aromatic heterocycles. The second-order valence-corrected chi connectivity index (χ2v) is 7.61. The minimum Gasteiger partial charge on any atom is -0.385 e. The van der Waals surface area contributed by atoms with Crippen LogP contribution in [-0.4, -0.2) is 18.7 Å². The zero-order chi connectivity index (χ0) is 18.7. The zero-order valence-corrected chi connectivity index (χ0v) is 15.4. The normalized spacial score (nSPS) is 24.1. The van der Waals surface area contributed by atoms with Crippen LogP contribution in [0.1, 0.15) is 56.1 Å². The molecule has 0 spiro atoms. The van der Waals surface area contributed by atoms with Gasteiger partial charge in [-0.2, -0.15) is 13.2 Å². The summed E-state index contributed by atoms with van der Waals surface area (Å²) >= 11 is 0. The van der Waals surface area contributed by atoms with Crippen molar-refractivity contribution in [1.29, 1.82) is 0 Å².